The first-order valence-electron chi connectivity index (χ1n) is 4.87. The average Bonchev–Trinajstić information content (AvgIpc) is 2.18. The molecular formula is C11H15IO4. The van der Waals surface area contributed by atoms with Crippen molar-refractivity contribution in [3.63, 3.8) is 0 Å². The molecule has 0 saturated heterocycles. The van der Waals surface area contributed by atoms with E-state index in [2.05, 4.69) is 9.86 Å². The van der Waals surface area contributed by atoms with Gasteiger partial charge in [0.2, 0.25) is 0 Å². The van der Waals surface area contributed by atoms with Gasteiger partial charge in [0.05, 0.1) is 0 Å². The number of phenols is 2. The quantitative estimate of drug-likeness (QED) is 0.536. The molecule has 0 spiro atoms. The number of hydrogen-bond donors (Lipinski definition) is 3. The van der Waals surface area contributed by atoms with Crippen LogP contribution in [-0.2, 0) is 6.42 Å². The molecule has 1 aliphatic rings. The molecule has 0 aromatic heterocycles. The number of rotatable bonds is 1. The van der Waals surface area contributed by atoms with E-state index in [4.69, 9.17) is 4.74 Å². The fourth-order valence-electron chi connectivity index (χ4n) is 1.81. The zero-order chi connectivity index (χ0) is 11.9. The van der Waals surface area contributed by atoms with E-state index in [-0.39, 0.29) is 15.6 Å². The van der Waals surface area contributed by atoms with E-state index in [0.29, 0.717) is 17.7 Å². The third-order valence-electron chi connectivity index (χ3n) is 2.56. The Kier molecular flexibility index (Phi) is 3.16. The monoisotopic (exact) mass is 338 g/mol. The molecule has 2 rings (SSSR count). The molecule has 3 N–H and O–H groups in total. The number of aliphatic hydroxyl groups excluding tert-OH is 1. The van der Waals surface area contributed by atoms with Crippen molar-refractivity contribution >= 4 is 19.8 Å². The number of halogens is 1. The van der Waals surface area contributed by atoms with Crippen molar-refractivity contribution in [1.29, 1.82) is 0 Å². The summed E-state index contributed by atoms with van der Waals surface area (Å²) in [6.07, 6.45) is -0.162. The fraction of sp³-hybridized carbons (Fsp3) is 0.455. The summed E-state index contributed by atoms with van der Waals surface area (Å²) in [5.74, 6) is 0.470. The van der Waals surface area contributed by atoms with Gasteiger partial charge < -0.3 is 0 Å². The molecule has 2 atom stereocenters. The van der Waals surface area contributed by atoms with Gasteiger partial charge in [-0.15, -0.1) is 0 Å². The van der Waals surface area contributed by atoms with Crippen molar-refractivity contribution in [2.24, 2.45) is 0 Å². The Labute approximate surface area is 101 Å². The van der Waals surface area contributed by atoms with Gasteiger partial charge in [-0.05, 0) is 0 Å². The molecule has 4 nitrogen and oxygen atoms in total. The molecule has 1 heterocycles. The minimum atomic E-state index is -1.30. The molecular weight excluding hydrogens is 323 g/mol. The molecule has 1 aromatic rings. The van der Waals surface area contributed by atoms with Crippen LogP contribution in [0.1, 0.15) is 5.56 Å². The van der Waals surface area contributed by atoms with Crippen LogP contribution in [0.2, 0.25) is 0 Å². The summed E-state index contributed by atoms with van der Waals surface area (Å²) < 4.78 is 5.53. The molecule has 0 fully saturated rings. The molecule has 0 bridgehead atoms. The first kappa shape index (κ1) is 11.8. The summed E-state index contributed by atoms with van der Waals surface area (Å²) in [4.78, 5) is 4.23. The standard InChI is InChI=1S/C11H15IO4/c1-12(2)11-9(15)5-7-8(14)3-6(13)4-10(7)16-11/h3-4,9,11,13-15H,5H2,1-2H3. The topological polar surface area (TPSA) is 69.9 Å². The summed E-state index contributed by atoms with van der Waals surface area (Å²) >= 11 is -1.30. The van der Waals surface area contributed by atoms with E-state index in [1.54, 1.807) is 0 Å². The molecule has 5 heteroatoms. The predicted molar refractivity (Wildman–Crippen MR) is 69.8 cm³/mol. The van der Waals surface area contributed by atoms with Gasteiger partial charge in [0.15, 0.2) is 0 Å². The summed E-state index contributed by atoms with van der Waals surface area (Å²) in [5.41, 5.74) is 0.583. The van der Waals surface area contributed by atoms with Gasteiger partial charge in [0.25, 0.3) is 0 Å². The SMILES string of the molecule is CI(C)C1Oc2cc(O)cc(O)c2CC1O. The Hall–Kier alpha value is -0.690. The van der Waals surface area contributed by atoms with Crippen LogP contribution >= 0.6 is 19.8 Å². The maximum atomic E-state index is 9.92. The van der Waals surface area contributed by atoms with Gasteiger partial charge in [-0.25, -0.2) is 0 Å². The molecule has 0 aliphatic carbocycles. The van der Waals surface area contributed by atoms with Crippen LogP contribution < -0.4 is 4.74 Å². The molecule has 90 valence electrons. The number of fused-ring (bicyclic) bond motifs is 1. The first-order chi connectivity index (χ1) is 7.49. The van der Waals surface area contributed by atoms with Crippen LogP contribution in [0.3, 0.4) is 0 Å². The number of ether oxygens (including phenoxy) is 1. The zero-order valence-electron chi connectivity index (χ0n) is 9.14. The second-order valence-electron chi connectivity index (χ2n) is 4.00. The third kappa shape index (κ3) is 2.06. The van der Waals surface area contributed by atoms with Gasteiger partial charge in [0, 0.05) is 0 Å². The van der Waals surface area contributed by atoms with Gasteiger partial charge in [-0.2, -0.15) is 0 Å². The van der Waals surface area contributed by atoms with E-state index in [0.717, 1.165) is 0 Å². The first-order valence-corrected chi connectivity index (χ1v) is 10.4. The number of aromatic hydroxyl groups is 2. The Morgan fingerprint density at radius 2 is 2.00 bits per heavy atom. The fourth-order valence-corrected chi connectivity index (χ4v) is 4.51. The van der Waals surface area contributed by atoms with Crippen LogP contribution in [0.25, 0.3) is 0 Å². The summed E-state index contributed by atoms with van der Waals surface area (Å²) in [6.45, 7) is 0. The average molecular weight is 338 g/mol. The van der Waals surface area contributed by atoms with E-state index in [1.807, 2.05) is 0 Å². The van der Waals surface area contributed by atoms with E-state index < -0.39 is 25.9 Å². The van der Waals surface area contributed by atoms with Crippen molar-refractivity contribution in [2.45, 2.75) is 16.6 Å². The second-order valence-corrected chi connectivity index (χ2v) is 9.87. The Balaban J connectivity index is 2.39. The number of hydrogen-bond acceptors (Lipinski definition) is 4. The Morgan fingerprint density at radius 3 is 2.62 bits per heavy atom. The molecule has 2 unspecified atom stereocenters. The third-order valence-corrected chi connectivity index (χ3v) is 6.10. The van der Waals surface area contributed by atoms with Gasteiger partial charge in [-0.3, -0.25) is 0 Å². The van der Waals surface area contributed by atoms with Crippen molar-refractivity contribution in [3.05, 3.63) is 17.7 Å². The van der Waals surface area contributed by atoms with Crippen molar-refractivity contribution in [1.82, 2.24) is 0 Å². The van der Waals surface area contributed by atoms with E-state index in [1.165, 1.54) is 12.1 Å². The Bertz CT molecular complexity index is 405. The van der Waals surface area contributed by atoms with Crippen LogP contribution in [-0.4, -0.2) is 35.4 Å². The molecule has 1 aliphatic heterocycles. The second kappa shape index (κ2) is 4.29. The number of alkyl halides is 3. The van der Waals surface area contributed by atoms with Crippen molar-refractivity contribution < 1.29 is 20.1 Å². The van der Waals surface area contributed by atoms with Gasteiger partial charge in [0.1, 0.15) is 0 Å². The molecule has 0 amide bonds. The number of phenolic OH excluding ortho intramolecular Hbond substituents is 2. The molecule has 1 aromatic carbocycles. The predicted octanol–water partition coefficient (Wildman–Crippen LogP) is 1.49. The summed E-state index contributed by atoms with van der Waals surface area (Å²) in [7, 11) is 0. The summed E-state index contributed by atoms with van der Waals surface area (Å²) in [5, 5.41) is 28.9. The van der Waals surface area contributed by atoms with Crippen LogP contribution in [0.4, 0.5) is 0 Å². The maximum absolute atomic E-state index is 9.92. The Morgan fingerprint density at radius 1 is 1.31 bits per heavy atom. The normalized spacial score (nSPS) is 24.6. The van der Waals surface area contributed by atoms with Gasteiger partial charge >= 0.3 is 101 Å². The number of aliphatic hydroxyl groups is 1. The van der Waals surface area contributed by atoms with Crippen LogP contribution in [0.5, 0.6) is 17.2 Å². The van der Waals surface area contributed by atoms with Crippen molar-refractivity contribution in [3.8, 4) is 17.2 Å². The van der Waals surface area contributed by atoms with Crippen LogP contribution in [0, 0.1) is 0 Å². The molecule has 16 heavy (non-hydrogen) atoms. The van der Waals surface area contributed by atoms with Crippen molar-refractivity contribution in [2.75, 3.05) is 9.86 Å². The number of benzene rings is 1. The van der Waals surface area contributed by atoms with Gasteiger partial charge in [-0.1, -0.05) is 0 Å². The van der Waals surface area contributed by atoms with E-state index >= 15 is 0 Å². The van der Waals surface area contributed by atoms with Crippen LogP contribution in [0.15, 0.2) is 12.1 Å². The van der Waals surface area contributed by atoms with E-state index in [9.17, 15) is 15.3 Å². The molecule has 0 saturated carbocycles. The minimum absolute atomic E-state index is 0.0138. The molecule has 0 radical (unpaired) electrons. The summed E-state index contributed by atoms with van der Waals surface area (Å²) in [6, 6.07) is 2.76. The zero-order valence-corrected chi connectivity index (χ0v) is 11.3.